The van der Waals surface area contributed by atoms with Crippen LogP contribution < -0.4 is 4.74 Å². The molecule has 0 atom stereocenters. The lowest BCUT2D eigenvalue weighted by Crippen LogP contribution is -2.38. The molecule has 1 amide bonds. The van der Waals surface area contributed by atoms with Crippen molar-refractivity contribution in [1.82, 2.24) is 4.90 Å². The Bertz CT molecular complexity index is 946. The fourth-order valence-electron chi connectivity index (χ4n) is 3.57. The van der Waals surface area contributed by atoms with Gasteiger partial charge < -0.3 is 14.7 Å². The van der Waals surface area contributed by atoms with Gasteiger partial charge in [-0.25, -0.2) is 4.79 Å². The Hall–Kier alpha value is -3.03. The number of rotatable bonds is 5. The first-order valence-electron chi connectivity index (χ1n) is 9.96. The second kappa shape index (κ2) is 8.61. The standard InChI is InChI=1S/C23H24F3NO4/c1-22(2,21(29)30)31-19-5-3-4-17(14-19)15-10-12-27(13-11-15)20(28)16-6-8-18(9-7-16)23(24,25)26/h3-9,14-15H,10-13H2,1-2H3,(H,29,30). The maximum Gasteiger partial charge on any atom is 0.416 e. The maximum absolute atomic E-state index is 12.7. The van der Waals surface area contributed by atoms with Crippen LogP contribution in [0.25, 0.3) is 0 Å². The topological polar surface area (TPSA) is 66.8 Å². The first-order valence-corrected chi connectivity index (χ1v) is 9.96. The summed E-state index contributed by atoms with van der Waals surface area (Å²) >= 11 is 0. The number of benzene rings is 2. The van der Waals surface area contributed by atoms with Gasteiger partial charge in [0.25, 0.3) is 5.91 Å². The summed E-state index contributed by atoms with van der Waals surface area (Å²) in [6.07, 6.45) is -3.05. The van der Waals surface area contributed by atoms with Crippen molar-refractivity contribution in [3.8, 4) is 5.75 Å². The van der Waals surface area contributed by atoms with Crippen LogP contribution in [0.2, 0.25) is 0 Å². The normalized spacial score (nSPS) is 15.6. The number of hydrogen-bond acceptors (Lipinski definition) is 3. The van der Waals surface area contributed by atoms with Crippen molar-refractivity contribution in [3.63, 3.8) is 0 Å². The van der Waals surface area contributed by atoms with Crippen LogP contribution in [-0.4, -0.2) is 40.6 Å². The van der Waals surface area contributed by atoms with Crippen molar-refractivity contribution in [2.75, 3.05) is 13.1 Å². The minimum Gasteiger partial charge on any atom is -0.478 e. The molecule has 1 N–H and O–H groups in total. The summed E-state index contributed by atoms with van der Waals surface area (Å²) in [7, 11) is 0. The molecular formula is C23H24F3NO4. The second-order valence-corrected chi connectivity index (χ2v) is 8.13. The third kappa shape index (κ3) is 5.37. The van der Waals surface area contributed by atoms with Gasteiger partial charge in [-0.3, -0.25) is 4.79 Å². The number of carboxylic acids is 1. The van der Waals surface area contributed by atoms with E-state index in [0.29, 0.717) is 31.7 Å². The molecule has 0 unspecified atom stereocenters. The molecule has 5 nitrogen and oxygen atoms in total. The van der Waals surface area contributed by atoms with Crippen LogP contribution in [0, 0.1) is 0 Å². The van der Waals surface area contributed by atoms with Crippen LogP contribution in [-0.2, 0) is 11.0 Å². The average molecular weight is 435 g/mol. The van der Waals surface area contributed by atoms with E-state index < -0.39 is 23.3 Å². The number of nitrogens with zero attached hydrogens (tertiary/aromatic N) is 1. The Labute approximate surface area is 178 Å². The van der Waals surface area contributed by atoms with E-state index in [4.69, 9.17) is 4.74 Å². The fraction of sp³-hybridized carbons (Fsp3) is 0.391. The predicted octanol–water partition coefficient (Wildman–Crippen LogP) is 4.97. The third-order valence-electron chi connectivity index (χ3n) is 5.46. The molecule has 0 bridgehead atoms. The molecule has 166 valence electrons. The summed E-state index contributed by atoms with van der Waals surface area (Å²) in [5.74, 6) is -0.707. The quantitative estimate of drug-likeness (QED) is 0.720. The molecule has 0 saturated carbocycles. The molecule has 1 aliphatic heterocycles. The van der Waals surface area contributed by atoms with E-state index >= 15 is 0 Å². The van der Waals surface area contributed by atoms with Crippen LogP contribution >= 0.6 is 0 Å². The smallest absolute Gasteiger partial charge is 0.416 e. The summed E-state index contributed by atoms with van der Waals surface area (Å²) in [6, 6.07) is 11.5. The van der Waals surface area contributed by atoms with Gasteiger partial charge >= 0.3 is 12.1 Å². The van der Waals surface area contributed by atoms with Crippen molar-refractivity contribution in [3.05, 3.63) is 65.2 Å². The zero-order valence-corrected chi connectivity index (χ0v) is 17.3. The van der Waals surface area contributed by atoms with Gasteiger partial charge in [0.2, 0.25) is 0 Å². The number of likely N-dealkylation sites (tertiary alicyclic amines) is 1. The van der Waals surface area contributed by atoms with E-state index in [1.54, 1.807) is 11.0 Å². The van der Waals surface area contributed by atoms with Gasteiger partial charge in [0.1, 0.15) is 5.75 Å². The number of ether oxygens (including phenoxy) is 1. The zero-order chi connectivity index (χ0) is 22.8. The molecule has 31 heavy (non-hydrogen) atoms. The molecule has 2 aromatic carbocycles. The number of piperidine rings is 1. The molecule has 0 spiro atoms. The highest BCUT2D eigenvalue weighted by Gasteiger charge is 2.32. The number of carbonyl (C=O) groups excluding carboxylic acids is 1. The monoisotopic (exact) mass is 435 g/mol. The lowest BCUT2D eigenvalue weighted by Gasteiger charge is -2.32. The number of aliphatic carboxylic acids is 1. The lowest BCUT2D eigenvalue weighted by atomic mass is 9.89. The molecule has 2 aromatic rings. The minimum absolute atomic E-state index is 0.174. The number of carboxylic acid groups (broad SMARTS) is 1. The van der Waals surface area contributed by atoms with Gasteiger partial charge in [0, 0.05) is 18.7 Å². The van der Waals surface area contributed by atoms with Crippen molar-refractivity contribution in [1.29, 1.82) is 0 Å². The highest BCUT2D eigenvalue weighted by atomic mass is 19.4. The zero-order valence-electron chi connectivity index (χ0n) is 17.3. The van der Waals surface area contributed by atoms with Crippen LogP contribution in [0.3, 0.4) is 0 Å². The van der Waals surface area contributed by atoms with Crippen molar-refractivity contribution < 1.29 is 32.6 Å². The predicted molar refractivity (Wildman–Crippen MR) is 108 cm³/mol. The molecule has 0 aromatic heterocycles. The summed E-state index contributed by atoms with van der Waals surface area (Å²) < 4.78 is 43.7. The van der Waals surface area contributed by atoms with E-state index in [1.807, 2.05) is 18.2 Å². The minimum atomic E-state index is -4.43. The summed E-state index contributed by atoms with van der Waals surface area (Å²) in [5, 5.41) is 9.23. The Morgan fingerprint density at radius 3 is 2.19 bits per heavy atom. The van der Waals surface area contributed by atoms with Gasteiger partial charge in [0.15, 0.2) is 5.60 Å². The maximum atomic E-state index is 12.7. The van der Waals surface area contributed by atoms with Crippen LogP contribution in [0.15, 0.2) is 48.5 Å². The largest absolute Gasteiger partial charge is 0.478 e. The van der Waals surface area contributed by atoms with E-state index in [9.17, 15) is 27.9 Å². The van der Waals surface area contributed by atoms with Gasteiger partial charge in [-0.15, -0.1) is 0 Å². The average Bonchev–Trinajstić information content (AvgIpc) is 2.72. The number of halogens is 3. The number of carbonyl (C=O) groups is 2. The molecule has 1 heterocycles. The molecule has 1 fully saturated rings. The second-order valence-electron chi connectivity index (χ2n) is 8.13. The summed E-state index contributed by atoms with van der Waals surface area (Å²) in [5.41, 5.74) is -0.898. The van der Waals surface area contributed by atoms with Crippen molar-refractivity contribution in [2.24, 2.45) is 0 Å². The highest BCUT2D eigenvalue weighted by Crippen LogP contribution is 2.32. The molecule has 0 aliphatic carbocycles. The van der Waals surface area contributed by atoms with Gasteiger partial charge in [-0.1, -0.05) is 12.1 Å². The molecule has 8 heteroatoms. The highest BCUT2D eigenvalue weighted by molar-refractivity contribution is 5.94. The van der Waals surface area contributed by atoms with E-state index in [1.165, 1.54) is 26.0 Å². The molecular weight excluding hydrogens is 411 g/mol. The SMILES string of the molecule is CC(C)(Oc1cccc(C2CCN(C(=O)c3ccc(C(F)(F)F)cc3)CC2)c1)C(=O)O. The molecule has 3 rings (SSSR count). The molecule has 0 radical (unpaired) electrons. The van der Waals surface area contributed by atoms with Crippen LogP contribution in [0.4, 0.5) is 13.2 Å². The Kier molecular flexibility index (Phi) is 6.29. The molecule has 1 saturated heterocycles. The van der Waals surface area contributed by atoms with Gasteiger partial charge in [-0.2, -0.15) is 13.2 Å². The first kappa shape index (κ1) is 22.7. The van der Waals surface area contributed by atoms with Crippen molar-refractivity contribution in [2.45, 2.75) is 44.4 Å². The van der Waals surface area contributed by atoms with Crippen LogP contribution in [0.1, 0.15) is 54.1 Å². The number of alkyl halides is 3. The summed E-state index contributed by atoms with van der Waals surface area (Å²) in [6.45, 7) is 3.92. The molecule has 1 aliphatic rings. The third-order valence-corrected chi connectivity index (χ3v) is 5.46. The van der Waals surface area contributed by atoms with Crippen molar-refractivity contribution >= 4 is 11.9 Å². The number of hydrogen-bond donors (Lipinski definition) is 1. The first-order chi connectivity index (χ1) is 14.5. The lowest BCUT2D eigenvalue weighted by molar-refractivity contribution is -0.152. The van der Waals surface area contributed by atoms with E-state index in [0.717, 1.165) is 17.7 Å². The summed E-state index contributed by atoms with van der Waals surface area (Å²) in [4.78, 5) is 25.6. The Morgan fingerprint density at radius 2 is 1.65 bits per heavy atom. The van der Waals surface area contributed by atoms with Crippen LogP contribution in [0.5, 0.6) is 5.75 Å². The fourth-order valence-corrected chi connectivity index (χ4v) is 3.57. The van der Waals surface area contributed by atoms with Gasteiger partial charge in [0.05, 0.1) is 5.56 Å². The number of amides is 1. The van der Waals surface area contributed by atoms with Gasteiger partial charge in [-0.05, 0) is 74.6 Å². The Morgan fingerprint density at radius 1 is 1.03 bits per heavy atom. The van der Waals surface area contributed by atoms with E-state index in [2.05, 4.69) is 0 Å². The van der Waals surface area contributed by atoms with E-state index in [-0.39, 0.29) is 17.4 Å². The Balaban J connectivity index is 1.62.